The van der Waals surface area contributed by atoms with Gasteiger partial charge in [0.25, 0.3) is 10.0 Å². The lowest BCUT2D eigenvalue weighted by Gasteiger charge is -2.20. The van der Waals surface area contributed by atoms with E-state index < -0.39 is 16.1 Å². The molecule has 1 unspecified atom stereocenters. The summed E-state index contributed by atoms with van der Waals surface area (Å²) in [7, 11) is -3.84. The van der Waals surface area contributed by atoms with Gasteiger partial charge in [0, 0.05) is 37.5 Å². The van der Waals surface area contributed by atoms with Crippen LogP contribution in [0.1, 0.15) is 38.0 Å². The number of para-hydroxylation sites is 1. The van der Waals surface area contributed by atoms with Gasteiger partial charge in [0.2, 0.25) is 5.09 Å². The lowest BCUT2D eigenvalue weighted by Crippen LogP contribution is -2.32. The molecule has 9 heteroatoms. The molecule has 150 valence electrons. The molecular formula is C19H25N5O3S. The summed E-state index contributed by atoms with van der Waals surface area (Å²) in [5.41, 5.74) is 0.547. The van der Waals surface area contributed by atoms with E-state index in [0.717, 1.165) is 37.3 Å². The maximum Gasteiger partial charge on any atom is 0.274 e. The second kappa shape index (κ2) is 7.65. The molecule has 1 aliphatic rings. The Morgan fingerprint density at radius 3 is 2.86 bits per heavy atom. The molecule has 2 N–H and O–H groups in total. The van der Waals surface area contributed by atoms with Crippen molar-refractivity contribution in [3.05, 3.63) is 42.0 Å². The Labute approximate surface area is 164 Å². The second-order valence-electron chi connectivity index (χ2n) is 7.53. The van der Waals surface area contributed by atoms with Gasteiger partial charge in [0.05, 0.1) is 6.04 Å². The van der Waals surface area contributed by atoms with Gasteiger partial charge >= 0.3 is 0 Å². The highest BCUT2D eigenvalue weighted by molar-refractivity contribution is 7.89. The molecule has 0 saturated heterocycles. The van der Waals surface area contributed by atoms with Crippen LogP contribution >= 0.6 is 0 Å². The number of rotatable bonds is 6. The van der Waals surface area contributed by atoms with Gasteiger partial charge in [0.15, 0.2) is 5.82 Å². The summed E-state index contributed by atoms with van der Waals surface area (Å²) in [6, 6.07) is 8.33. The van der Waals surface area contributed by atoms with Crippen LogP contribution in [-0.2, 0) is 23.0 Å². The zero-order chi connectivity index (χ0) is 19.7. The van der Waals surface area contributed by atoms with Gasteiger partial charge in [-0.05, 0) is 18.4 Å². The average molecular weight is 404 g/mol. The van der Waals surface area contributed by atoms with Crippen LogP contribution < -0.4 is 10.0 Å². The summed E-state index contributed by atoms with van der Waals surface area (Å²) in [5, 5.41) is 12.6. The maximum absolute atomic E-state index is 13.1. The van der Waals surface area contributed by atoms with Crippen molar-refractivity contribution >= 4 is 21.0 Å². The molecule has 4 rings (SSSR count). The average Bonchev–Trinajstić information content (AvgIpc) is 3.19. The van der Waals surface area contributed by atoms with Crippen LogP contribution in [0.3, 0.4) is 0 Å². The fourth-order valence-corrected chi connectivity index (χ4v) is 4.74. The first-order valence-electron chi connectivity index (χ1n) is 9.57. The topological polar surface area (TPSA) is 102 Å². The molecule has 0 aliphatic carbocycles. The number of hydrogen-bond acceptors (Lipinski definition) is 6. The summed E-state index contributed by atoms with van der Waals surface area (Å²) in [6.07, 6.45) is 1.39. The zero-order valence-corrected chi connectivity index (χ0v) is 16.9. The first-order chi connectivity index (χ1) is 13.4. The van der Waals surface area contributed by atoms with Gasteiger partial charge in [0.1, 0.15) is 11.4 Å². The molecule has 0 saturated carbocycles. The van der Waals surface area contributed by atoms with Gasteiger partial charge in [-0.25, -0.2) is 8.42 Å². The van der Waals surface area contributed by atoms with E-state index in [-0.39, 0.29) is 11.0 Å². The Kier molecular flexibility index (Phi) is 5.22. The van der Waals surface area contributed by atoms with Crippen molar-refractivity contribution in [1.82, 2.24) is 24.8 Å². The van der Waals surface area contributed by atoms with Gasteiger partial charge in [-0.15, -0.1) is 10.2 Å². The van der Waals surface area contributed by atoms with Gasteiger partial charge in [-0.3, -0.25) is 0 Å². The molecule has 1 aliphatic heterocycles. The third-order valence-corrected chi connectivity index (χ3v) is 6.20. The lowest BCUT2D eigenvalue weighted by atomic mass is 10.0. The summed E-state index contributed by atoms with van der Waals surface area (Å²) in [6.45, 7) is 6.49. The minimum atomic E-state index is -3.84. The summed E-state index contributed by atoms with van der Waals surface area (Å²) in [4.78, 5) is 0. The molecule has 0 spiro atoms. The quantitative estimate of drug-likeness (QED) is 0.654. The minimum absolute atomic E-state index is 0.0836. The predicted octanol–water partition coefficient (Wildman–Crippen LogP) is 2.24. The van der Waals surface area contributed by atoms with Crippen molar-refractivity contribution in [2.24, 2.45) is 5.92 Å². The minimum Gasteiger partial charge on any atom is -0.443 e. The van der Waals surface area contributed by atoms with E-state index in [1.54, 1.807) is 12.1 Å². The number of furan rings is 1. The largest absolute Gasteiger partial charge is 0.443 e. The van der Waals surface area contributed by atoms with Crippen LogP contribution in [0.15, 0.2) is 39.8 Å². The van der Waals surface area contributed by atoms with Crippen molar-refractivity contribution in [3.8, 4) is 0 Å². The van der Waals surface area contributed by atoms with Crippen LogP contribution in [0, 0.1) is 5.92 Å². The molecule has 0 radical (unpaired) electrons. The van der Waals surface area contributed by atoms with E-state index in [0.29, 0.717) is 17.8 Å². The number of nitrogens with one attached hydrogen (secondary N) is 2. The highest BCUT2D eigenvalue weighted by Crippen LogP contribution is 2.27. The monoisotopic (exact) mass is 403 g/mol. The number of sulfonamides is 1. The molecule has 3 heterocycles. The Morgan fingerprint density at radius 1 is 1.25 bits per heavy atom. The summed E-state index contributed by atoms with van der Waals surface area (Å²) in [5.74, 6) is 1.82. The van der Waals surface area contributed by atoms with Crippen molar-refractivity contribution in [2.45, 2.75) is 44.4 Å². The predicted molar refractivity (Wildman–Crippen MR) is 105 cm³/mol. The van der Waals surface area contributed by atoms with E-state index in [2.05, 4.69) is 34.1 Å². The smallest absolute Gasteiger partial charge is 0.274 e. The molecule has 2 aromatic heterocycles. The Morgan fingerprint density at radius 2 is 2.07 bits per heavy atom. The maximum atomic E-state index is 13.1. The molecule has 0 bridgehead atoms. The van der Waals surface area contributed by atoms with Crippen LogP contribution in [0.4, 0.5) is 0 Å². The molecule has 28 heavy (non-hydrogen) atoms. The standard InChI is InChI=1S/C19H25N5O3S/c1-13(2)11-15(19-22-21-17-7-8-20-9-10-24(17)19)23-28(25,26)18-12-14-5-3-4-6-16(14)27-18/h3-6,12-13,15,20,23H,7-11H2,1-2H3. The fraction of sp³-hybridized carbons (Fsp3) is 0.474. The molecular weight excluding hydrogens is 378 g/mol. The summed E-state index contributed by atoms with van der Waals surface area (Å²) < 4.78 is 36.5. The number of hydrogen-bond donors (Lipinski definition) is 2. The third-order valence-electron chi connectivity index (χ3n) is 4.88. The van der Waals surface area contributed by atoms with E-state index in [4.69, 9.17) is 4.42 Å². The van der Waals surface area contributed by atoms with Gasteiger partial charge < -0.3 is 14.3 Å². The molecule has 0 amide bonds. The van der Waals surface area contributed by atoms with Crippen LogP contribution in [0.25, 0.3) is 11.0 Å². The molecule has 3 aromatic rings. The van der Waals surface area contributed by atoms with E-state index in [1.165, 1.54) is 0 Å². The van der Waals surface area contributed by atoms with Gasteiger partial charge in [-0.2, -0.15) is 4.72 Å². The van der Waals surface area contributed by atoms with Crippen molar-refractivity contribution < 1.29 is 12.8 Å². The van der Waals surface area contributed by atoms with Crippen molar-refractivity contribution in [1.29, 1.82) is 0 Å². The van der Waals surface area contributed by atoms with Crippen LogP contribution in [-0.4, -0.2) is 36.3 Å². The van der Waals surface area contributed by atoms with E-state index in [1.807, 2.05) is 22.8 Å². The first-order valence-corrected chi connectivity index (χ1v) is 11.1. The van der Waals surface area contributed by atoms with E-state index in [9.17, 15) is 8.42 Å². The van der Waals surface area contributed by atoms with Crippen molar-refractivity contribution in [3.63, 3.8) is 0 Å². The SMILES string of the molecule is CC(C)CC(NS(=O)(=O)c1cc2ccccc2o1)c1nnc2n1CCNCC2. The first kappa shape index (κ1) is 19.1. The number of nitrogens with zero attached hydrogens (tertiary/aromatic N) is 3. The zero-order valence-electron chi connectivity index (χ0n) is 16.1. The van der Waals surface area contributed by atoms with Crippen LogP contribution in [0.2, 0.25) is 0 Å². The van der Waals surface area contributed by atoms with Crippen LogP contribution in [0.5, 0.6) is 0 Å². The Balaban J connectivity index is 1.67. The lowest BCUT2D eigenvalue weighted by molar-refractivity contribution is 0.425. The third kappa shape index (κ3) is 3.82. The molecule has 1 aromatic carbocycles. The molecule has 8 nitrogen and oxygen atoms in total. The van der Waals surface area contributed by atoms with E-state index >= 15 is 0 Å². The normalized spacial score (nSPS) is 16.2. The second-order valence-corrected chi connectivity index (χ2v) is 9.18. The van der Waals surface area contributed by atoms with Crippen molar-refractivity contribution in [2.75, 3.05) is 13.1 Å². The summed E-state index contributed by atoms with van der Waals surface area (Å²) >= 11 is 0. The van der Waals surface area contributed by atoms with Gasteiger partial charge in [-0.1, -0.05) is 32.0 Å². The highest BCUT2D eigenvalue weighted by Gasteiger charge is 2.29. The fourth-order valence-electron chi connectivity index (χ4n) is 3.56. The number of fused-ring (bicyclic) bond motifs is 2. The number of benzene rings is 1. The Hall–Kier alpha value is -2.23. The molecule has 1 atom stereocenters. The molecule has 0 fully saturated rings. The highest BCUT2D eigenvalue weighted by atomic mass is 32.2. The Bertz CT molecular complexity index is 1040. The number of aromatic nitrogens is 3.